The molecule has 6 nitrogen and oxygen atoms in total. The molecule has 5 rings (SSSR count). The first-order valence-corrected chi connectivity index (χ1v) is 13.9. The van der Waals surface area contributed by atoms with E-state index in [1.807, 2.05) is 48.5 Å². The van der Waals surface area contributed by atoms with E-state index >= 15 is 0 Å². The van der Waals surface area contributed by atoms with Gasteiger partial charge in [0.2, 0.25) is 10.0 Å². The van der Waals surface area contributed by atoms with Gasteiger partial charge in [-0.3, -0.25) is 9.78 Å². The Morgan fingerprint density at radius 1 is 0.972 bits per heavy atom. The zero-order valence-electron chi connectivity index (χ0n) is 20.4. The molecule has 2 N–H and O–H groups in total. The number of carbonyl (C=O) groups is 1. The van der Waals surface area contributed by atoms with Crippen molar-refractivity contribution in [1.29, 1.82) is 0 Å². The monoisotopic (exact) mass is 499 g/mol. The predicted octanol–water partition coefficient (Wildman–Crippen LogP) is 5.26. The van der Waals surface area contributed by atoms with Gasteiger partial charge in [-0.05, 0) is 61.1 Å². The predicted molar refractivity (Wildman–Crippen MR) is 145 cm³/mol. The van der Waals surface area contributed by atoms with E-state index in [2.05, 4.69) is 39.3 Å². The van der Waals surface area contributed by atoms with E-state index in [9.17, 15) is 13.2 Å². The van der Waals surface area contributed by atoms with Gasteiger partial charge in [-0.15, -0.1) is 0 Å². The van der Waals surface area contributed by atoms with Crippen molar-refractivity contribution in [2.75, 3.05) is 11.1 Å². The molecule has 0 bridgehead atoms. The first-order chi connectivity index (χ1) is 17.3. The third kappa shape index (κ3) is 4.84. The summed E-state index contributed by atoms with van der Waals surface area (Å²) >= 11 is 0. The van der Waals surface area contributed by atoms with Crippen LogP contribution in [0.15, 0.2) is 72.8 Å². The van der Waals surface area contributed by atoms with E-state index in [1.165, 1.54) is 11.1 Å². The lowest BCUT2D eigenvalue weighted by molar-refractivity contribution is 0.0981. The van der Waals surface area contributed by atoms with E-state index in [4.69, 9.17) is 0 Å². The van der Waals surface area contributed by atoms with Crippen molar-refractivity contribution >= 4 is 32.5 Å². The summed E-state index contributed by atoms with van der Waals surface area (Å²) in [6, 6.07) is 24.3. The zero-order valence-corrected chi connectivity index (χ0v) is 21.2. The summed E-state index contributed by atoms with van der Waals surface area (Å²) in [4.78, 5) is 18.0. The lowest BCUT2D eigenvalue weighted by Crippen LogP contribution is -2.33. The summed E-state index contributed by atoms with van der Waals surface area (Å²) in [7, 11) is -3.74. The van der Waals surface area contributed by atoms with Crippen LogP contribution in [0.2, 0.25) is 0 Å². The molecule has 0 aliphatic heterocycles. The standard InChI is InChI=1S/C29H29N3O3S/c1-3-15-36(34,35)32-29(33)27-19(2)30-26-14-13-23(18-25(26)28(27)20-9-5-4-6-10-20)31-24-16-21-11-7-8-12-22(21)17-24/h4-14,18,24,31H,3,15-17H2,1-2H3,(H,32,33). The van der Waals surface area contributed by atoms with Gasteiger partial charge in [-0.1, -0.05) is 61.5 Å². The number of aromatic nitrogens is 1. The maximum Gasteiger partial charge on any atom is 0.267 e. The average molecular weight is 500 g/mol. The van der Waals surface area contributed by atoms with E-state index in [0.717, 1.165) is 35.0 Å². The molecule has 0 radical (unpaired) electrons. The molecule has 0 unspecified atom stereocenters. The fourth-order valence-corrected chi connectivity index (χ4v) is 6.09. The van der Waals surface area contributed by atoms with Crippen molar-refractivity contribution in [2.24, 2.45) is 0 Å². The van der Waals surface area contributed by atoms with E-state index < -0.39 is 15.9 Å². The number of hydrogen-bond acceptors (Lipinski definition) is 5. The highest BCUT2D eigenvalue weighted by molar-refractivity contribution is 7.90. The summed E-state index contributed by atoms with van der Waals surface area (Å²) in [6.07, 6.45) is 2.33. The van der Waals surface area contributed by atoms with Crippen molar-refractivity contribution in [3.05, 3.63) is 95.2 Å². The average Bonchev–Trinajstić information content (AvgIpc) is 3.26. The maximum atomic E-state index is 13.3. The smallest absolute Gasteiger partial charge is 0.267 e. The minimum Gasteiger partial charge on any atom is -0.382 e. The van der Waals surface area contributed by atoms with Crippen LogP contribution in [-0.4, -0.2) is 31.1 Å². The minimum atomic E-state index is -3.74. The van der Waals surface area contributed by atoms with E-state index in [1.54, 1.807) is 13.8 Å². The summed E-state index contributed by atoms with van der Waals surface area (Å²) in [5.74, 6) is -0.768. The molecule has 0 fully saturated rings. The number of nitrogens with zero attached hydrogens (tertiary/aromatic N) is 1. The fraction of sp³-hybridized carbons (Fsp3) is 0.241. The number of aryl methyl sites for hydroxylation is 1. The molecular formula is C29H29N3O3S. The van der Waals surface area contributed by atoms with Crippen molar-refractivity contribution in [2.45, 2.75) is 39.2 Å². The van der Waals surface area contributed by atoms with Crippen molar-refractivity contribution in [1.82, 2.24) is 9.71 Å². The van der Waals surface area contributed by atoms with Gasteiger partial charge in [0.05, 0.1) is 22.5 Å². The Labute approximate surface area is 211 Å². The number of benzene rings is 3. The minimum absolute atomic E-state index is 0.114. The third-order valence-corrected chi connectivity index (χ3v) is 8.04. The second-order valence-corrected chi connectivity index (χ2v) is 11.2. The van der Waals surface area contributed by atoms with Gasteiger partial charge < -0.3 is 5.32 Å². The highest BCUT2D eigenvalue weighted by Gasteiger charge is 2.25. The molecule has 7 heteroatoms. The Hall–Kier alpha value is -3.71. The summed E-state index contributed by atoms with van der Waals surface area (Å²) in [5.41, 5.74) is 6.69. The van der Waals surface area contributed by atoms with E-state index in [-0.39, 0.29) is 17.4 Å². The second kappa shape index (κ2) is 9.74. The normalized spacial score (nSPS) is 13.5. The Balaban J connectivity index is 1.59. The highest BCUT2D eigenvalue weighted by atomic mass is 32.2. The van der Waals surface area contributed by atoms with Gasteiger partial charge in [-0.2, -0.15) is 0 Å². The third-order valence-electron chi connectivity index (χ3n) is 6.60. The first kappa shape index (κ1) is 24.0. The van der Waals surface area contributed by atoms with Crippen molar-refractivity contribution in [3.8, 4) is 11.1 Å². The molecule has 1 aliphatic carbocycles. The summed E-state index contributed by atoms with van der Waals surface area (Å²) < 4.78 is 27.1. The molecule has 1 amide bonds. The van der Waals surface area contributed by atoms with Crippen molar-refractivity contribution in [3.63, 3.8) is 0 Å². The van der Waals surface area contributed by atoms with Gasteiger partial charge in [-0.25, -0.2) is 13.1 Å². The number of anilines is 1. The topological polar surface area (TPSA) is 88.2 Å². The Morgan fingerprint density at radius 3 is 2.31 bits per heavy atom. The van der Waals surface area contributed by atoms with Gasteiger partial charge in [0.25, 0.3) is 5.91 Å². The number of rotatable bonds is 7. The molecule has 36 heavy (non-hydrogen) atoms. The van der Waals surface area contributed by atoms with E-state index in [0.29, 0.717) is 17.7 Å². The molecule has 3 aromatic carbocycles. The lowest BCUT2D eigenvalue weighted by Gasteiger charge is -2.18. The molecule has 0 spiro atoms. The van der Waals surface area contributed by atoms with Crippen LogP contribution in [0.1, 0.15) is 40.5 Å². The number of pyridine rings is 1. The Morgan fingerprint density at radius 2 is 1.64 bits per heavy atom. The Kier molecular flexibility index (Phi) is 6.49. The largest absolute Gasteiger partial charge is 0.382 e. The van der Waals surface area contributed by atoms with Crippen LogP contribution in [0.4, 0.5) is 5.69 Å². The first-order valence-electron chi connectivity index (χ1n) is 12.2. The molecule has 0 saturated heterocycles. The molecule has 1 heterocycles. The number of hydrogen-bond donors (Lipinski definition) is 2. The van der Waals surface area contributed by atoms with Crippen molar-refractivity contribution < 1.29 is 13.2 Å². The lowest BCUT2D eigenvalue weighted by atomic mass is 9.93. The molecular weight excluding hydrogens is 470 g/mol. The number of nitrogens with one attached hydrogen (secondary N) is 2. The van der Waals surface area contributed by atoms with Crippen LogP contribution in [-0.2, 0) is 22.9 Å². The summed E-state index contributed by atoms with van der Waals surface area (Å²) in [5, 5.41) is 4.45. The number of amides is 1. The molecule has 1 aliphatic rings. The zero-order chi connectivity index (χ0) is 25.3. The van der Waals surface area contributed by atoms with Gasteiger partial charge >= 0.3 is 0 Å². The van der Waals surface area contributed by atoms with Gasteiger partial charge in [0.1, 0.15) is 0 Å². The van der Waals surface area contributed by atoms with Crippen LogP contribution < -0.4 is 10.0 Å². The van der Waals surface area contributed by atoms with Gasteiger partial charge in [0, 0.05) is 22.7 Å². The number of fused-ring (bicyclic) bond motifs is 2. The van der Waals surface area contributed by atoms with Crippen LogP contribution in [0, 0.1) is 6.92 Å². The quantitative estimate of drug-likeness (QED) is 0.362. The molecule has 1 aromatic heterocycles. The molecule has 4 aromatic rings. The SMILES string of the molecule is CCCS(=O)(=O)NC(=O)c1c(C)nc2ccc(NC3Cc4ccccc4C3)cc2c1-c1ccccc1. The molecule has 0 saturated carbocycles. The van der Waals surface area contributed by atoms with Crippen LogP contribution in [0.5, 0.6) is 0 Å². The maximum absolute atomic E-state index is 13.3. The number of sulfonamides is 1. The number of carbonyl (C=O) groups excluding carboxylic acids is 1. The summed E-state index contributed by atoms with van der Waals surface area (Å²) in [6.45, 7) is 3.51. The Bertz CT molecular complexity index is 1520. The highest BCUT2D eigenvalue weighted by Crippen LogP contribution is 2.35. The van der Waals surface area contributed by atoms with Crippen LogP contribution in [0.25, 0.3) is 22.0 Å². The fourth-order valence-electron chi connectivity index (χ4n) is 5.07. The molecule has 184 valence electrons. The van der Waals surface area contributed by atoms with Crippen LogP contribution in [0.3, 0.4) is 0 Å². The van der Waals surface area contributed by atoms with Crippen LogP contribution >= 0.6 is 0 Å². The molecule has 0 atom stereocenters. The second-order valence-electron chi connectivity index (χ2n) is 9.31. The van der Waals surface area contributed by atoms with Gasteiger partial charge in [0.15, 0.2) is 0 Å².